The van der Waals surface area contributed by atoms with Crippen molar-refractivity contribution in [1.82, 2.24) is 0 Å². The summed E-state index contributed by atoms with van der Waals surface area (Å²) >= 11 is 10.4. The predicted octanol–water partition coefficient (Wildman–Crippen LogP) is 6.12. The van der Waals surface area contributed by atoms with Gasteiger partial charge in [0.05, 0.1) is 4.83 Å². The summed E-state index contributed by atoms with van der Waals surface area (Å²) in [7, 11) is 0. The molecule has 0 nitrogen and oxygen atoms in total. The van der Waals surface area contributed by atoms with Gasteiger partial charge in [-0.05, 0) is 55.0 Å². The molecule has 0 radical (unpaired) electrons. The zero-order valence-electron chi connectivity index (χ0n) is 11.8. The number of halogens is 2. The van der Waals surface area contributed by atoms with Crippen LogP contribution >= 0.6 is 27.5 Å². The Labute approximate surface area is 134 Å². The van der Waals surface area contributed by atoms with Crippen molar-refractivity contribution >= 4 is 27.5 Å². The average molecular weight is 350 g/mol. The Morgan fingerprint density at radius 2 is 1.65 bits per heavy atom. The summed E-state index contributed by atoms with van der Waals surface area (Å²) < 4.78 is 0. The van der Waals surface area contributed by atoms with Crippen LogP contribution in [-0.2, 0) is 5.41 Å². The van der Waals surface area contributed by atoms with E-state index in [4.69, 9.17) is 11.6 Å². The molecule has 2 aromatic rings. The van der Waals surface area contributed by atoms with Gasteiger partial charge in [0, 0.05) is 10.4 Å². The van der Waals surface area contributed by atoms with Gasteiger partial charge in [-0.25, -0.2) is 0 Å². The maximum Gasteiger partial charge on any atom is 0.0506 e. The van der Waals surface area contributed by atoms with Crippen molar-refractivity contribution in [1.29, 1.82) is 0 Å². The van der Waals surface area contributed by atoms with Gasteiger partial charge in [-0.3, -0.25) is 0 Å². The Bertz CT molecular complexity index is 629. The second-order valence-corrected chi connectivity index (χ2v) is 7.17. The van der Waals surface area contributed by atoms with E-state index in [0.717, 1.165) is 5.02 Å². The third-order valence-electron chi connectivity index (χ3n) is 4.51. The molecule has 0 spiro atoms. The molecule has 2 heteroatoms. The summed E-state index contributed by atoms with van der Waals surface area (Å²) in [6, 6.07) is 15.1. The van der Waals surface area contributed by atoms with Gasteiger partial charge in [0.2, 0.25) is 0 Å². The largest absolute Gasteiger partial charge is 0.0840 e. The van der Waals surface area contributed by atoms with Gasteiger partial charge in [0.1, 0.15) is 0 Å². The number of aryl methyl sites for hydroxylation is 2. The van der Waals surface area contributed by atoms with Crippen LogP contribution in [0.15, 0.2) is 42.5 Å². The Morgan fingerprint density at radius 3 is 2.25 bits per heavy atom. The standard InChI is InChI=1S/C18H18BrCl/c1-12-10-15(16(20)11-13(12)2)17(19)18(8-9-18)14-6-4-3-5-7-14/h3-7,10-11,17H,8-9H2,1-2H3. The van der Waals surface area contributed by atoms with Crippen LogP contribution < -0.4 is 0 Å². The van der Waals surface area contributed by atoms with Crippen molar-refractivity contribution in [3.05, 3.63) is 69.7 Å². The summed E-state index contributed by atoms with van der Waals surface area (Å²) in [6.45, 7) is 4.26. The summed E-state index contributed by atoms with van der Waals surface area (Å²) in [5, 5.41) is 0.872. The number of benzene rings is 2. The first-order valence-corrected chi connectivity index (χ1v) is 8.30. The van der Waals surface area contributed by atoms with Crippen molar-refractivity contribution in [2.75, 3.05) is 0 Å². The summed E-state index contributed by atoms with van der Waals surface area (Å²) in [5.74, 6) is 0. The summed E-state index contributed by atoms with van der Waals surface area (Å²) in [4.78, 5) is 0.282. The van der Waals surface area contributed by atoms with Gasteiger partial charge in [0.25, 0.3) is 0 Å². The lowest BCUT2D eigenvalue weighted by atomic mass is 9.88. The van der Waals surface area contributed by atoms with Gasteiger partial charge >= 0.3 is 0 Å². The maximum atomic E-state index is 6.49. The minimum atomic E-state index is 0.215. The molecule has 3 rings (SSSR count). The number of rotatable bonds is 3. The topological polar surface area (TPSA) is 0 Å². The van der Waals surface area contributed by atoms with Crippen LogP contribution in [0.2, 0.25) is 5.02 Å². The fourth-order valence-corrected chi connectivity index (χ4v) is 4.45. The van der Waals surface area contributed by atoms with Crippen molar-refractivity contribution in [2.24, 2.45) is 0 Å². The molecule has 104 valence electrons. The van der Waals surface area contributed by atoms with Crippen LogP contribution in [0.3, 0.4) is 0 Å². The fraction of sp³-hybridized carbons (Fsp3) is 0.333. The molecule has 1 unspecified atom stereocenters. The molecular formula is C18H18BrCl. The second kappa shape index (κ2) is 5.20. The highest BCUT2D eigenvalue weighted by molar-refractivity contribution is 9.09. The van der Waals surface area contributed by atoms with E-state index >= 15 is 0 Å². The van der Waals surface area contributed by atoms with E-state index in [9.17, 15) is 0 Å². The lowest BCUT2D eigenvalue weighted by Gasteiger charge is -2.24. The Morgan fingerprint density at radius 1 is 1.05 bits per heavy atom. The third-order valence-corrected chi connectivity index (χ3v) is 6.21. The zero-order chi connectivity index (χ0) is 14.3. The van der Waals surface area contributed by atoms with Crippen molar-refractivity contribution in [2.45, 2.75) is 36.9 Å². The normalized spacial score (nSPS) is 17.8. The van der Waals surface area contributed by atoms with E-state index in [1.54, 1.807) is 0 Å². The minimum Gasteiger partial charge on any atom is -0.0840 e. The monoisotopic (exact) mass is 348 g/mol. The van der Waals surface area contributed by atoms with Gasteiger partial charge in [-0.2, -0.15) is 0 Å². The minimum absolute atomic E-state index is 0.215. The molecule has 0 heterocycles. The molecule has 1 saturated carbocycles. The first-order valence-electron chi connectivity index (χ1n) is 7.01. The first kappa shape index (κ1) is 14.2. The molecule has 1 aliphatic carbocycles. The van der Waals surface area contributed by atoms with Crippen LogP contribution in [0.4, 0.5) is 0 Å². The van der Waals surface area contributed by atoms with Gasteiger partial charge < -0.3 is 0 Å². The fourth-order valence-electron chi connectivity index (χ4n) is 2.89. The lowest BCUT2D eigenvalue weighted by molar-refractivity contribution is 0.680. The number of hydrogen-bond donors (Lipinski definition) is 0. The Hall–Kier alpha value is -0.790. The van der Waals surface area contributed by atoms with Crippen LogP contribution in [0, 0.1) is 13.8 Å². The number of alkyl halides is 1. The van der Waals surface area contributed by atoms with Crippen LogP contribution in [0.5, 0.6) is 0 Å². The second-order valence-electron chi connectivity index (χ2n) is 5.84. The van der Waals surface area contributed by atoms with Gasteiger partial charge in [-0.15, -0.1) is 0 Å². The molecule has 1 aliphatic rings. The molecule has 0 N–H and O–H groups in total. The highest BCUT2D eigenvalue weighted by Gasteiger charge is 2.50. The van der Waals surface area contributed by atoms with Crippen LogP contribution in [0.25, 0.3) is 0 Å². The van der Waals surface area contributed by atoms with Crippen molar-refractivity contribution in [3.8, 4) is 0 Å². The molecule has 2 aromatic carbocycles. The Balaban J connectivity index is 2.01. The molecule has 0 amide bonds. The molecule has 0 aromatic heterocycles. The van der Waals surface area contributed by atoms with E-state index in [2.05, 4.69) is 72.2 Å². The predicted molar refractivity (Wildman–Crippen MR) is 89.9 cm³/mol. The van der Waals surface area contributed by atoms with Gasteiger partial charge in [-0.1, -0.05) is 63.9 Å². The van der Waals surface area contributed by atoms with E-state index < -0.39 is 0 Å². The third kappa shape index (κ3) is 2.31. The highest BCUT2D eigenvalue weighted by Crippen LogP contribution is 2.60. The van der Waals surface area contributed by atoms with Crippen LogP contribution in [-0.4, -0.2) is 0 Å². The van der Waals surface area contributed by atoms with E-state index in [0.29, 0.717) is 0 Å². The molecule has 1 atom stereocenters. The Kier molecular flexibility index (Phi) is 3.68. The summed E-state index contributed by atoms with van der Waals surface area (Å²) in [6.07, 6.45) is 2.44. The average Bonchev–Trinajstić information content (AvgIpc) is 3.25. The highest BCUT2D eigenvalue weighted by atomic mass is 79.9. The van der Waals surface area contributed by atoms with Crippen molar-refractivity contribution < 1.29 is 0 Å². The quantitative estimate of drug-likeness (QED) is 0.585. The maximum absolute atomic E-state index is 6.49. The van der Waals surface area contributed by atoms with E-state index in [-0.39, 0.29) is 10.2 Å². The SMILES string of the molecule is Cc1cc(Cl)c(C(Br)C2(c3ccccc3)CC2)cc1C. The van der Waals surface area contributed by atoms with E-state index in [1.165, 1.54) is 35.1 Å². The lowest BCUT2D eigenvalue weighted by Crippen LogP contribution is -2.14. The smallest absolute Gasteiger partial charge is 0.0506 e. The molecule has 1 fully saturated rings. The first-order chi connectivity index (χ1) is 9.54. The molecular weight excluding hydrogens is 332 g/mol. The molecule has 0 bridgehead atoms. The van der Waals surface area contributed by atoms with Crippen LogP contribution in [0.1, 0.15) is 39.9 Å². The van der Waals surface area contributed by atoms with Gasteiger partial charge in [0.15, 0.2) is 0 Å². The molecule has 0 saturated heterocycles. The zero-order valence-corrected chi connectivity index (χ0v) is 14.1. The number of hydrogen-bond acceptors (Lipinski definition) is 0. The molecule has 20 heavy (non-hydrogen) atoms. The van der Waals surface area contributed by atoms with E-state index in [1.807, 2.05) is 0 Å². The molecule has 0 aliphatic heterocycles. The summed E-state index contributed by atoms with van der Waals surface area (Å²) in [5.41, 5.74) is 5.40. The van der Waals surface area contributed by atoms with Crippen molar-refractivity contribution in [3.63, 3.8) is 0 Å².